The monoisotopic (exact) mass is 293 g/mol. The maximum Gasteiger partial charge on any atom is 0.220 e. The predicted octanol–water partition coefficient (Wildman–Crippen LogP) is 2.15. The number of hydrogen-bond acceptors (Lipinski definition) is 4. The lowest BCUT2D eigenvalue weighted by Crippen LogP contribution is -2.31. The molecule has 5 heteroatoms. The molecule has 0 saturated carbocycles. The Morgan fingerprint density at radius 2 is 2.10 bits per heavy atom. The van der Waals surface area contributed by atoms with Gasteiger partial charge in [0.2, 0.25) is 5.91 Å². The molecule has 1 heterocycles. The van der Waals surface area contributed by atoms with Crippen LogP contribution in [0.2, 0.25) is 0 Å². The van der Waals surface area contributed by atoms with Crippen molar-refractivity contribution in [1.29, 1.82) is 0 Å². The lowest BCUT2D eigenvalue weighted by Gasteiger charge is -2.11. The van der Waals surface area contributed by atoms with Crippen molar-refractivity contribution in [3.8, 4) is 11.5 Å². The maximum atomic E-state index is 11.7. The van der Waals surface area contributed by atoms with E-state index in [9.17, 15) is 4.79 Å². The summed E-state index contributed by atoms with van der Waals surface area (Å²) in [7, 11) is 1.63. The largest absolute Gasteiger partial charge is 0.497 e. The van der Waals surface area contributed by atoms with Gasteiger partial charge in [0.05, 0.1) is 19.8 Å². The Kier molecular flexibility index (Phi) is 6.34. The first-order valence-corrected chi connectivity index (χ1v) is 7.43. The van der Waals surface area contributed by atoms with Gasteiger partial charge in [0, 0.05) is 19.6 Å². The summed E-state index contributed by atoms with van der Waals surface area (Å²) < 4.78 is 16.1. The Hall–Kier alpha value is -1.75. The fourth-order valence-electron chi connectivity index (χ4n) is 2.22. The zero-order valence-corrected chi connectivity index (χ0v) is 12.5. The zero-order chi connectivity index (χ0) is 14.9. The molecule has 0 aromatic heterocycles. The van der Waals surface area contributed by atoms with E-state index in [0.29, 0.717) is 26.0 Å². The third kappa shape index (κ3) is 5.63. The van der Waals surface area contributed by atoms with Gasteiger partial charge in [-0.05, 0) is 43.5 Å². The molecule has 2 rings (SSSR count). The van der Waals surface area contributed by atoms with Gasteiger partial charge in [-0.3, -0.25) is 4.79 Å². The van der Waals surface area contributed by atoms with Gasteiger partial charge in [0.15, 0.2) is 0 Å². The van der Waals surface area contributed by atoms with Crippen LogP contribution in [0.25, 0.3) is 0 Å². The Morgan fingerprint density at radius 3 is 2.76 bits per heavy atom. The van der Waals surface area contributed by atoms with E-state index in [2.05, 4.69) is 5.32 Å². The molecule has 1 aromatic carbocycles. The maximum absolute atomic E-state index is 11.7. The quantitative estimate of drug-likeness (QED) is 0.746. The molecule has 0 unspecified atom stereocenters. The first kappa shape index (κ1) is 15.6. The molecule has 0 bridgehead atoms. The Balaban J connectivity index is 1.54. The minimum Gasteiger partial charge on any atom is -0.497 e. The molecule has 0 radical (unpaired) electrons. The predicted molar refractivity (Wildman–Crippen MR) is 79.7 cm³/mol. The molecule has 1 fully saturated rings. The topological polar surface area (TPSA) is 56.8 Å². The second kappa shape index (κ2) is 8.52. The lowest BCUT2D eigenvalue weighted by molar-refractivity contribution is -0.121. The molecule has 1 aliphatic heterocycles. The van der Waals surface area contributed by atoms with Gasteiger partial charge in [-0.1, -0.05) is 0 Å². The van der Waals surface area contributed by atoms with Crippen LogP contribution in [0.4, 0.5) is 0 Å². The van der Waals surface area contributed by atoms with E-state index in [0.717, 1.165) is 30.9 Å². The van der Waals surface area contributed by atoms with Crippen molar-refractivity contribution >= 4 is 5.91 Å². The van der Waals surface area contributed by atoms with Crippen LogP contribution in [0.3, 0.4) is 0 Å². The summed E-state index contributed by atoms with van der Waals surface area (Å²) in [5.41, 5.74) is 0. The minimum absolute atomic E-state index is 0.0591. The van der Waals surface area contributed by atoms with Crippen molar-refractivity contribution in [2.24, 2.45) is 0 Å². The highest BCUT2D eigenvalue weighted by atomic mass is 16.5. The second-order valence-corrected chi connectivity index (χ2v) is 5.07. The average Bonchev–Trinajstić information content (AvgIpc) is 3.03. The average molecular weight is 293 g/mol. The SMILES string of the molecule is COc1ccc(OCCCC(=O)NC[C@@H]2CCCO2)cc1. The molecular weight excluding hydrogens is 270 g/mol. The summed E-state index contributed by atoms with van der Waals surface area (Å²) in [4.78, 5) is 11.7. The molecule has 1 N–H and O–H groups in total. The highest BCUT2D eigenvalue weighted by Crippen LogP contribution is 2.17. The Bertz CT molecular complexity index is 426. The number of carbonyl (C=O) groups excluding carboxylic acids is 1. The van der Waals surface area contributed by atoms with E-state index < -0.39 is 0 Å². The van der Waals surface area contributed by atoms with Crippen LogP contribution >= 0.6 is 0 Å². The van der Waals surface area contributed by atoms with Crippen molar-refractivity contribution in [3.05, 3.63) is 24.3 Å². The standard InChI is InChI=1S/C16H23NO4/c1-19-13-6-8-14(9-7-13)20-11-3-5-16(18)17-12-15-4-2-10-21-15/h6-9,15H,2-5,10-12H2,1H3,(H,17,18)/t15-/m0/s1. The number of ether oxygens (including phenoxy) is 3. The van der Waals surface area contributed by atoms with E-state index >= 15 is 0 Å². The summed E-state index contributed by atoms with van der Waals surface area (Å²) in [5, 5.41) is 2.90. The first-order valence-electron chi connectivity index (χ1n) is 7.43. The number of benzene rings is 1. The van der Waals surface area contributed by atoms with Crippen molar-refractivity contribution in [2.75, 3.05) is 26.9 Å². The van der Waals surface area contributed by atoms with Crippen LogP contribution < -0.4 is 14.8 Å². The van der Waals surface area contributed by atoms with Gasteiger partial charge in [0.25, 0.3) is 0 Å². The van der Waals surface area contributed by atoms with Crippen molar-refractivity contribution in [2.45, 2.75) is 31.8 Å². The number of rotatable bonds is 8. The van der Waals surface area contributed by atoms with Crippen LogP contribution in [0.15, 0.2) is 24.3 Å². The van der Waals surface area contributed by atoms with Crippen molar-refractivity contribution in [1.82, 2.24) is 5.32 Å². The summed E-state index contributed by atoms with van der Waals surface area (Å²) in [6, 6.07) is 7.42. The molecule has 1 atom stereocenters. The first-order chi connectivity index (χ1) is 10.3. The van der Waals surface area contributed by atoms with Crippen LogP contribution in [-0.4, -0.2) is 38.9 Å². The highest BCUT2D eigenvalue weighted by molar-refractivity contribution is 5.75. The molecule has 21 heavy (non-hydrogen) atoms. The highest BCUT2D eigenvalue weighted by Gasteiger charge is 2.15. The van der Waals surface area contributed by atoms with E-state index in [-0.39, 0.29) is 12.0 Å². The van der Waals surface area contributed by atoms with Gasteiger partial charge < -0.3 is 19.5 Å². The van der Waals surface area contributed by atoms with Gasteiger partial charge in [0.1, 0.15) is 11.5 Å². The molecular formula is C16H23NO4. The number of amides is 1. The van der Waals surface area contributed by atoms with E-state index in [1.165, 1.54) is 0 Å². The molecule has 1 saturated heterocycles. The zero-order valence-electron chi connectivity index (χ0n) is 12.5. The summed E-state index contributed by atoms with van der Waals surface area (Å²) in [6.07, 6.45) is 3.51. The van der Waals surface area contributed by atoms with Gasteiger partial charge in [-0.25, -0.2) is 0 Å². The molecule has 1 aromatic rings. The van der Waals surface area contributed by atoms with Crippen LogP contribution in [0, 0.1) is 0 Å². The minimum atomic E-state index is 0.0591. The van der Waals surface area contributed by atoms with E-state index in [4.69, 9.17) is 14.2 Å². The van der Waals surface area contributed by atoms with Gasteiger partial charge in [-0.15, -0.1) is 0 Å². The third-order valence-electron chi connectivity index (χ3n) is 3.43. The fourth-order valence-corrected chi connectivity index (χ4v) is 2.22. The third-order valence-corrected chi connectivity index (χ3v) is 3.43. The number of hydrogen-bond donors (Lipinski definition) is 1. The molecule has 5 nitrogen and oxygen atoms in total. The second-order valence-electron chi connectivity index (χ2n) is 5.07. The number of nitrogens with one attached hydrogen (secondary N) is 1. The van der Waals surface area contributed by atoms with Crippen molar-refractivity contribution < 1.29 is 19.0 Å². The molecule has 0 spiro atoms. The Morgan fingerprint density at radius 1 is 1.33 bits per heavy atom. The number of carbonyl (C=O) groups is 1. The van der Waals surface area contributed by atoms with Crippen molar-refractivity contribution in [3.63, 3.8) is 0 Å². The molecule has 1 aliphatic rings. The number of methoxy groups -OCH3 is 1. The summed E-state index contributed by atoms with van der Waals surface area (Å²) in [5.74, 6) is 1.65. The fraction of sp³-hybridized carbons (Fsp3) is 0.562. The molecule has 116 valence electrons. The van der Waals surface area contributed by atoms with E-state index in [1.807, 2.05) is 24.3 Å². The smallest absolute Gasteiger partial charge is 0.220 e. The van der Waals surface area contributed by atoms with E-state index in [1.54, 1.807) is 7.11 Å². The lowest BCUT2D eigenvalue weighted by atomic mass is 10.2. The van der Waals surface area contributed by atoms with Crippen LogP contribution in [-0.2, 0) is 9.53 Å². The van der Waals surface area contributed by atoms with Crippen LogP contribution in [0.1, 0.15) is 25.7 Å². The Labute approximate surface area is 125 Å². The van der Waals surface area contributed by atoms with Crippen LogP contribution in [0.5, 0.6) is 11.5 Å². The van der Waals surface area contributed by atoms with Gasteiger partial charge in [-0.2, -0.15) is 0 Å². The summed E-state index contributed by atoms with van der Waals surface area (Å²) >= 11 is 0. The van der Waals surface area contributed by atoms with Gasteiger partial charge >= 0.3 is 0 Å². The summed E-state index contributed by atoms with van der Waals surface area (Å²) in [6.45, 7) is 1.97. The molecule has 0 aliphatic carbocycles. The molecule has 1 amide bonds. The normalized spacial score (nSPS) is 17.5.